The zero-order chi connectivity index (χ0) is 11.9. The Bertz CT molecular complexity index is 481. The van der Waals surface area contributed by atoms with E-state index >= 15 is 0 Å². The Morgan fingerprint density at radius 3 is 2.06 bits per heavy atom. The second kappa shape index (κ2) is 4.33. The standard InChI is InChI=1S/C14H17Ge.Li/c1-10-11(2)13(4)15(12(10)3)14-8-6-5-7-9-14;/h5-9H,1-4H3;. The van der Waals surface area contributed by atoms with Gasteiger partial charge in [-0.1, -0.05) is 0 Å². The van der Waals surface area contributed by atoms with E-state index in [2.05, 4.69) is 75.7 Å². The summed E-state index contributed by atoms with van der Waals surface area (Å²) in [6, 6.07) is 11.1. The van der Waals surface area contributed by atoms with Crippen LogP contribution in [0, 0.1) is 0 Å². The van der Waals surface area contributed by atoms with Crippen molar-refractivity contribution in [2.24, 2.45) is 0 Å². The van der Waals surface area contributed by atoms with Crippen molar-refractivity contribution in [3.05, 3.63) is 41.5 Å². The molecule has 0 amide bonds. The Labute approximate surface area is 112 Å². The molecule has 0 nitrogen and oxygen atoms in total. The van der Waals surface area contributed by atoms with Crippen LogP contribution in [0.4, 0.5) is 0 Å². The quantitative estimate of drug-likeness (QED) is 0.684. The summed E-state index contributed by atoms with van der Waals surface area (Å²) in [5.74, 6) is 0. The van der Waals surface area contributed by atoms with Gasteiger partial charge in [0.2, 0.25) is 0 Å². The van der Waals surface area contributed by atoms with E-state index < -0.39 is 13.9 Å². The van der Waals surface area contributed by atoms with Gasteiger partial charge in [0.15, 0.2) is 0 Å². The molecular weight excluding hydrogens is 248 g/mol. The molecule has 1 aromatic rings. The van der Waals surface area contributed by atoms with Crippen molar-refractivity contribution in [3.63, 3.8) is 0 Å². The van der Waals surface area contributed by atoms with E-state index in [1.54, 1.807) is 19.9 Å². The van der Waals surface area contributed by atoms with Gasteiger partial charge < -0.3 is 0 Å². The molecule has 2 heteroatoms. The van der Waals surface area contributed by atoms with Crippen LogP contribution in [-0.2, 0) is 0 Å². The SMILES string of the molecule is [Li][C]1(C)C(C)=C(C)[C](C)=[Ge]1[c]1ccccc1. The zero-order valence-electron chi connectivity index (χ0n) is 10.9. The van der Waals surface area contributed by atoms with Gasteiger partial charge in [0.1, 0.15) is 0 Å². The molecule has 1 heterocycles. The average molecular weight is 265 g/mol. The normalized spacial score (nSPS) is 25.6. The van der Waals surface area contributed by atoms with Gasteiger partial charge in [0, 0.05) is 0 Å². The second-order valence-corrected chi connectivity index (χ2v) is 12.2. The van der Waals surface area contributed by atoms with Crippen LogP contribution in [-0.4, -0.2) is 36.0 Å². The van der Waals surface area contributed by atoms with Crippen molar-refractivity contribution in [1.29, 1.82) is 0 Å². The maximum absolute atomic E-state index is 2.44. The molecule has 0 radical (unpaired) electrons. The van der Waals surface area contributed by atoms with Crippen LogP contribution < -0.4 is 4.40 Å². The molecule has 1 aliphatic heterocycles. The zero-order valence-corrected chi connectivity index (χ0v) is 13.0. The van der Waals surface area contributed by atoms with Gasteiger partial charge >= 0.3 is 112 Å². The monoisotopic (exact) mass is 266 g/mol. The minimum absolute atomic E-state index is 0.426. The Morgan fingerprint density at radius 1 is 1.06 bits per heavy atom. The molecule has 1 atom stereocenters. The molecule has 2 rings (SSSR count). The molecule has 1 aliphatic rings. The van der Waals surface area contributed by atoms with E-state index in [-0.39, 0.29) is 0 Å². The average Bonchev–Trinajstić information content (AvgIpc) is 2.41. The first-order valence-corrected chi connectivity index (χ1v) is 9.06. The molecule has 78 valence electrons. The molecule has 0 aliphatic carbocycles. The van der Waals surface area contributed by atoms with E-state index in [1.165, 1.54) is 0 Å². The fourth-order valence-electron chi connectivity index (χ4n) is 2.78. The summed E-state index contributed by atoms with van der Waals surface area (Å²) in [5.41, 5.74) is 3.19. The molecular formula is C14H17GeLi. The van der Waals surface area contributed by atoms with Crippen LogP contribution in [0.5, 0.6) is 0 Å². The van der Waals surface area contributed by atoms with Gasteiger partial charge in [0.25, 0.3) is 0 Å². The summed E-state index contributed by atoms with van der Waals surface area (Å²) in [5, 5.41) is 0. The summed E-state index contributed by atoms with van der Waals surface area (Å²) < 4.78 is 3.74. The molecule has 0 aromatic heterocycles. The number of allylic oxidation sites excluding steroid dienone is 2. The topological polar surface area (TPSA) is 0 Å². The van der Waals surface area contributed by atoms with Gasteiger partial charge in [-0.25, -0.2) is 0 Å². The predicted octanol–water partition coefficient (Wildman–Crippen LogP) is 2.40. The van der Waals surface area contributed by atoms with Crippen molar-refractivity contribution in [1.82, 2.24) is 0 Å². The van der Waals surface area contributed by atoms with Crippen LogP contribution in [0.15, 0.2) is 41.5 Å². The number of benzene rings is 1. The Morgan fingerprint density at radius 2 is 1.62 bits per heavy atom. The number of rotatable bonds is 1. The summed E-state index contributed by atoms with van der Waals surface area (Å²) in [6.45, 7) is 9.41. The molecule has 0 spiro atoms. The fourth-order valence-corrected chi connectivity index (χ4v) is 10.6. The molecule has 0 fully saturated rings. The molecule has 1 unspecified atom stereocenters. The van der Waals surface area contributed by atoms with E-state index in [4.69, 9.17) is 0 Å². The van der Waals surface area contributed by atoms with Gasteiger partial charge in [0.05, 0.1) is 0 Å². The first-order valence-electron chi connectivity index (χ1n) is 5.91. The molecule has 0 bridgehead atoms. The third-order valence-corrected chi connectivity index (χ3v) is 11.8. The van der Waals surface area contributed by atoms with Crippen LogP contribution in [0.1, 0.15) is 27.7 Å². The Balaban J connectivity index is 2.61. The maximum atomic E-state index is 2.44. The van der Waals surface area contributed by atoms with Crippen LogP contribution in [0.25, 0.3) is 0 Å². The van der Waals surface area contributed by atoms with Crippen molar-refractivity contribution >= 4 is 40.4 Å². The molecule has 0 N–H and O–H groups in total. The minimum atomic E-state index is -1.33. The fraction of sp³-hybridized carbons (Fsp3) is 0.357. The Hall–Kier alpha value is -0.0297. The van der Waals surface area contributed by atoms with E-state index in [0.29, 0.717) is 2.92 Å². The van der Waals surface area contributed by atoms with Crippen molar-refractivity contribution in [2.75, 3.05) is 0 Å². The molecule has 1 aromatic carbocycles. The summed E-state index contributed by atoms with van der Waals surface area (Å²) >= 11 is 1.11. The predicted molar refractivity (Wildman–Crippen MR) is 75.0 cm³/mol. The molecule has 16 heavy (non-hydrogen) atoms. The first kappa shape index (κ1) is 12.4. The Kier molecular flexibility index (Phi) is 3.36. The van der Waals surface area contributed by atoms with Crippen LogP contribution in [0.2, 0.25) is 2.92 Å². The van der Waals surface area contributed by atoms with Gasteiger partial charge in [-0.3, -0.25) is 0 Å². The van der Waals surface area contributed by atoms with Crippen molar-refractivity contribution in [2.45, 2.75) is 30.6 Å². The van der Waals surface area contributed by atoms with Gasteiger partial charge in [-0.15, -0.1) is 0 Å². The van der Waals surface area contributed by atoms with Crippen molar-refractivity contribution < 1.29 is 0 Å². The number of hydrogen-bond acceptors (Lipinski definition) is 0. The summed E-state index contributed by atoms with van der Waals surface area (Å²) in [7, 11) is 0. The van der Waals surface area contributed by atoms with E-state index in [1.807, 2.05) is 0 Å². The summed E-state index contributed by atoms with van der Waals surface area (Å²) in [4.78, 5) is 0. The van der Waals surface area contributed by atoms with E-state index in [0.717, 1.165) is 0 Å². The molecule has 0 saturated heterocycles. The van der Waals surface area contributed by atoms with Crippen LogP contribution >= 0.6 is 0 Å². The van der Waals surface area contributed by atoms with Crippen LogP contribution in [0.3, 0.4) is 0 Å². The van der Waals surface area contributed by atoms with Crippen molar-refractivity contribution in [3.8, 4) is 0 Å². The van der Waals surface area contributed by atoms with E-state index in [9.17, 15) is 0 Å². The number of hydrogen-bond donors (Lipinski definition) is 0. The second-order valence-electron chi connectivity index (χ2n) is 5.24. The first-order chi connectivity index (χ1) is 7.46. The van der Waals surface area contributed by atoms with Gasteiger partial charge in [-0.2, -0.15) is 0 Å². The third kappa shape index (κ3) is 1.82. The van der Waals surface area contributed by atoms with Gasteiger partial charge in [-0.05, 0) is 0 Å². The molecule has 0 saturated carbocycles. The third-order valence-electron chi connectivity index (χ3n) is 4.12. The summed E-state index contributed by atoms with van der Waals surface area (Å²) in [6.07, 6.45) is 0.